The maximum absolute atomic E-state index is 12.6. The van der Waals surface area contributed by atoms with E-state index in [0.717, 1.165) is 19.3 Å². The van der Waals surface area contributed by atoms with Crippen molar-refractivity contribution < 1.29 is 19.6 Å². The number of amides is 2. The van der Waals surface area contributed by atoms with Crippen molar-refractivity contribution >= 4 is 17.5 Å². The lowest BCUT2D eigenvalue weighted by Crippen LogP contribution is -2.45. The van der Waals surface area contributed by atoms with Crippen LogP contribution in [0.15, 0.2) is 42.5 Å². The molecule has 180 valence electrons. The Bertz CT molecular complexity index is 1050. The van der Waals surface area contributed by atoms with Crippen molar-refractivity contribution in [1.29, 1.82) is 0 Å². The first-order chi connectivity index (χ1) is 16.3. The van der Waals surface area contributed by atoms with Crippen LogP contribution in [0, 0.1) is 22.0 Å². The Kier molecular flexibility index (Phi) is 10.6. The van der Waals surface area contributed by atoms with E-state index in [4.69, 9.17) is 0 Å². The highest BCUT2D eigenvalue weighted by Crippen LogP contribution is 2.20. The second-order valence-electron chi connectivity index (χ2n) is 8.04. The van der Waals surface area contributed by atoms with Crippen LogP contribution in [-0.2, 0) is 4.79 Å². The van der Waals surface area contributed by atoms with Gasteiger partial charge in [-0.25, -0.2) is 0 Å². The van der Waals surface area contributed by atoms with Crippen LogP contribution in [0.2, 0.25) is 0 Å². The number of unbranched alkanes of at least 4 members (excludes halogenated alkanes) is 5. The van der Waals surface area contributed by atoms with Crippen molar-refractivity contribution in [2.45, 2.75) is 58.4 Å². The lowest BCUT2D eigenvalue weighted by Gasteiger charge is -2.14. The van der Waals surface area contributed by atoms with Gasteiger partial charge < -0.3 is 15.7 Å². The summed E-state index contributed by atoms with van der Waals surface area (Å²) >= 11 is 0. The van der Waals surface area contributed by atoms with E-state index >= 15 is 0 Å². The van der Waals surface area contributed by atoms with Gasteiger partial charge in [-0.05, 0) is 49.7 Å². The number of nitro benzene ring substituents is 1. The SMILES string of the molecule is CCCCCCCCNC(=O)C(C)NC(=O)c1ccc([N+](=O)[O-])c(C#Cc2ccc(O)cc2)c1. The van der Waals surface area contributed by atoms with Gasteiger partial charge in [0.15, 0.2) is 0 Å². The summed E-state index contributed by atoms with van der Waals surface area (Å²) in [5.74, 6) is 4.79. The lowest BCUT2D eigenvalue weighted by molar-refractivity contribution is -0.385. The molecule has 2 rings (SSSR count). The zero-order valence-electron chi connectivity index (χ0n) is 19.6. The fourth-order valence-corrected chi connectivity index (χ4v) is 3.24. The molecule has 0 aliphatic rings. The largest absolute Gasteiger partial charge is 0.508 e. The number of nitro groups is 1. The van der Waals surface area contributed by atoms with Gasteiger partial charge in [-0.2, -0.15) is 0 Å². The number of nitrogens with one attached hydrogen (secondary N) is 2. The Hall–Kier alpha value is -3.86. The van der Waals surface area contributed by atoms with E-state index in [0.29, 0.717) is 12.1 Å². The number of rotatable bonds is 11. The average Bonchev–Trinajstić information content (AvgIpc) is 2.82. The molecule has 0 bridgehead atoms. The van der Waals surface area contributed by atoms with Crippen molar-refractivity contribution in [3.8, 4) is 17.6 Å². The number of aromatic hydroxyl groups is 1. The standard InChI is InChI=1S/C26H31N3O5/c1-3-4-5-6-7-8-17-27-25(31)19(2)28-26(32)22-13-16-24(29(33)34)21(18-22)12-9-20-10-14-23(30)15-11-20/h10-11,13-16,18-19,30H,3-8,17H2,1-2H3,(H,27,31)(H,28,32). The van der Waals surface area contributed by atoms with Crippen LogP contribution in [0.4, 0.5) is 5.69 Å². The Labute approximate surface area is 199 Å². The number of carbonyl (C=O) groups excluding carboxylic acids is 2. The highest BCUT2D eigenvalue weighted by Gasteiger charge is 2.19. The lowest BCUT2D eigenvalue weighted by atomic mass is 10.1. The van der Waals surface area contributed by atoms with Crippen molar-refractivity contribution in [3.05, 3.63) is 69.3 Å². The maximum Gasteiger partial charge on any atom is 0.284 e. The molecule has 1 unspecified atom stereocenters. The van der Waals surface area contributed by atoms with E-state index in [-0.39, 0.29) is 28.5 Å². The molecule has 0 radical (unpaired) electrons. The third-order valence-corrected chi connectivity index (χ3v) is 5.23. The number of hydrogen-bond donors (Lipinski definition) is 3. The zero-order valence-corrected chi connectivity index (χ0v) is 19.6. The van der Waals surface area contributed by atoms with Crippen LogP contribution in [0.3, 0.4) is 0 Å². The topological polar surface area (TPSA) is 122 Å². The molecule has 2 aromatic rings. The zero-order chi connectivity index (χ0) is 24.9. The van der Waals surface area contributed by atoms with Crippen molar-refractivity contribution in [2.75, 3.05) is 6.54 Å². The summed E-state index contributed by atoms with van der Waals surface area (Å²) in [5, 5.41) is 26.2. The molecule has 3 N–H and O–H groups in total. The van der Waals surface area contributed by atoms with E-state index in [1.807, 2.05) is 0 Å². The summed E-state index contributed by atoms with van der Waals surface area (Å²) in [6, 6.07) is 9.21. The number of phenols is 1. The van der Waals surface area contributed by atoms with E-state index in [2.05, 4.69) is 29.4 Å². The van der Waals surface area contributed by atoms with Crippen LogP contribution in [-0.4, -0.2) is 34.4 Å². The monoisotopic (exact) mass is 465 g/mol. The first kappa shape index (κ1) is 26.4. The van der Waals surface area contributed by atoms with E-state index < -0.39 is 16.9 Å². The van der Waals surface area contributed by atoms with Gasteiger partial charge >= 0.3 is 0 Å². The molecule has 0 aliphatic heterocycles. The summed E-state index contributed by atoms with van der Waals surface area (Å²) in [4.78, 5) is 35.7. The van der Waals surface area contributed by atoms with E-state index in [1.54, 1.807) is 19.1 Å². The van der Waals surface area contributed by atoms with Gasteiger partial charge in [-0.1, -0.05) is 50.9 Å². The van der Waals surface area contributed by atoms with Crippen LogP contribution in [0.1, 0.15) is 73.9 Å². The normalized spacial score (nSPS) is 11.1. The Morgan fingerprint density at radius 1 is 1.03 bits per heavy atom. The second kappa shape index (κ2) is 13.6. The average molecular weight is 466 g/mol. The van der Waals surface area contributed by atoms with Crippen molar-refractivity contribution in [3.63, 3.8) is 0 Å². The number of hydrogen-bond acceptors (Lipinski definition) is 5. The van der Waals surface area contributed by atoms with Gasteiger partial charge in [-0.15, -0.1) is 0 Å². The highest BCUT2D eigenvalue weighted by molar-refractivity contribution is 5.98. The first-order valence-electron chi connectivity index (χ1n) is 11.5. The van der Waals surface area contributed by atoms with Crippen LogP contribution < -0.4 is 10.6 Å². The van der Waals surface area contributed by atoms with Crippen molar-refractivity contribution in [2.24, 2.45) is 0 Å². The summed E-state index contributed by atoms with van der Waals surface area (Å²) in [5.41, 5.74) is 0.562. The second-order valence-corrected chi connectivity index (χ2v) is 8.04. The predicted octanol–water partition coefficient (Wildman–Crippen LogP) is 4.30. The molecule has 0 aliphatic carbocycles. The fourth-order valence-electron chi connectivity index (χ4n) is 3.24. The van der Waals surface area contributed by atoms with Gasteiger partial charge in [0.2, 0.25) is 5.91 Å². The molecule has 0 fully saturated rings. The number of phenolic OH excluding ortho intramolecular Hbond substituents is 1. The molecular formula is C26H31N3O5. The number of carbonyl (C=O) groups is 2. The van der Waals surface area contributed by atoms with Gasteiger partial charge in [-0.3, -0.25) is 19.7 Å². The number of benzene rings is 2. The van der Waals surface area contributed by atoms with Crippen LogP contribution in [0.25, 0.3) is 0 Å². The minimum atomic E-state index is -0.755. The maximum atomic E-state index is 12.6. The minimum Gasteiger partial charge on any atom is -0.508 e. The molecule has 2 aromatic carbocycles. The summed E-state index contributed by atoms with van der Waals surface area (Å²) in [6.45, 7) is 4.31. The van der Waals surface area contributed by atoms with E-state index in [1.165, 1.54) is 49.6 Å². The summed E-state index contributed by atoms with van der Waals surface area (Å²) < 4.78 is 0. The Balaban J connectivity index is 2.00. The Morgan fingerprint density at radius 3 is 2.38 bits per heavy atom. The molecule has 0 aromatic heterocycles. The van der Waals surface area contributed by atoms with Crippen molar-refractivity contribution in [1.82, 2.24) is 10.6 Å². The highest BCUT2D eigenvalue weighted by atomic mass is 16.6. The first-order valence-corrected chi connectivity index (χ1v) is 11.5. The molecule has 8 nitrogen and oxygen atoms in total. The number of nitrogens with zero attached hydrogens (tertiary/aromatic N) is 1. The molecule has 2 amide bonds. The van der Waals surface area contributed by atoms with Crippen LogP contribution >= 0.6 is 0 Å². The molecule has 34 heavy (non-hydrogen) atoms. The fraction of sp³-hybridized carbons (Fsp3) is 0.385. The third kappa shape index (κ3) is 8.58. The Morgan fingerprint density at radius 2 is 1.71 bits per heavy atom. The molecule has 0 heterocycles. The quantitative estimate of drug-likeness (QED) is 0.198. The summed E-state index contributed by atoms with van der Waals surface area (Å²) in [6.07, 6.45) is 6.71. The van der Waals surface area contributed by atoms with Gasteiger partial charge in [0.25, 0.3) is 11.6 Å². The minimum absolute atomic E-state index is 0.0749. The van der Waals surface area contributed by atoms with Gasteiger partial charge in [0.05, 0.1) is 4.92 Å². The van der Waals surface area contributed by atoms with Gasteiger partial charge in [0.1, 0.15) is 17.4 Å². The smallest absolute Gasteiger partial charge is 0.284 e. The van der Waals surface area contributed by atoms with Gasteiger partial charge in [0, 0.05) is 23.7 Å². The molecule has 1 atom stereocenters. The molecule has 0 saturated carbocycles. The predicted molar refractivity (Wildman–Crippen MR) is 130 cm³/mol. The molecule has 0 saturated heterocycles. The van der Waals surface area contributed by atoms with E-state index in [9.17, 15) is 24.8 Å². The molecular weight excluding hydrogens is 434 g/mol. The molecule has 8 heteroatoms. The van der Waals surface area contributed by atoms with Crippen LogP contribution in [0.5, 0.6) is 5.75 Å². The molecule has 0 spiro atoms. The summed E-state index contributed by atoms with van der Waals surface area (Å²) in [7, 11) is 0. The third-order valence-electron chi connectivity index (χ3n) is 5.23.